The number of aromatic carboxylic acids is 1. The molecule has 17 heavy (non-hydrogen) atoms. The highest BCUT2D eigenvalue weighted by Gasteiger charge is 2.09. The average molecular weight is 298 g/mol. The number of carbonyl (C=O) groups is 1. The van der Waals surface area contributed by atoms with E-state index in [1.807, 2.05) is 22.3 Å². The van der Waals surface area contributed by atoms with Gasteiger partial charge in [0.15, 0.2) is 0 Å². The first kappa shape index (κ1) is 11.9. The van der Waals surface area contributed by atoms with Gasteiger partial charge < -0.3 is 14.2 Å². The second-order valence-corrected chi connectivity index (χ2v) is 4.53. The minimum absolute atomic E-state index is 0.291. The minimum Gasteiger partial charge on any atom is -0.478 e. The molecule has 0 amide bonds. The quantitative estimate of drug-likeness (QED) is 0.941. The molecule has 2 aromatic rings. The van der Waals surface area contributed by atoms with Crippen molar-refractivity contribution >= 4 is 21.9 Å². The molecule has 0 atom stereocenters. The molecule has 0 fully saturated rings. The number of rotatable bonds is 4. The Labute approximate surface area is 107 Å². The average Bonchev–Trinajstić information content (AvgIpc) is 2.82. The Morgan fingerprint density at radius 2 is 2.18 bits per heavy atom. The fourth-order valence-electron chi connectivity index (χ4n) is 1.62. The van der Waals surface area contributed by atoms with Crippen molar-refractivity contribution in [3.8, 4) is 0 Å². The van der Waals surface area contributed by atoms with E-state index in [4.69, 9.17) is 5.11 Å². The van der Waals surface area contributed by atoms with E-state index in [0.29, 0.717) is 12.1 Å². The van der Waals surface area contributed by atoms with Crippen LogP contribution in [0.4, 0.5) is 0 Å². The van der Waals surface area contributed by atoms with Crippen molar-refractivity contribution < 1.29 is 9.90 Å². The summed E-state index contributed by atoms with van der Waals surface area (Å²) in [6.45, 7) is 3.40. The Kier molecular flexibility index (Phi) is 3.33. The van der Waals surface area contributed by atoms with Gasteiger partial charge in [0.25, 0.3) is 0 Å². The van der Waals surface area contributed by atoms with Gasteiger partial charge >= 0.3 is 5.97 Å². The van der Waals surface area contributed by atoms with Gasteiger partial charge in [0.05, 0.1) is 10.2 Å². The van der Waals surface area contributed by atoms with Crippen molar-refractivity contribution in [3.63, 3.8) is 0 Å². The molecular weight excluding hydrogens is 286 g/mol. The molecule has 2 rings (SSSR count). The van der Waals surface area contributed by atoms with Crippen LogP contribution in [0.2, 0.25) is 0 Å². The third-order valence-corrected chi connectivity index (χ3v) is 3.28. The summed E-state index contributed by atoms with van der Waals surface area (Å²) in [5, 5.41) is 8.87. The number of hydrogen-bond donors (Lipinski definition) is 1. The van der Waals surface area contributed by atoms with Gasteiger partial charge in [-0.3, -0.25) is 0 Å². The third-order valence-electron chi connectivity index (χ3n) is 2.60. The lowest BCUT2D eigenvalue weighted by molar-refractivity contribution is 0.0697. The van der Waals surface area contributed by atoms with Gasteiger partial charge in [-0.05, 0) is 28.9 Å². The number of aryl methyl sites for hydroxylation is 3. The lowest BCUT2D eigenvalue weighted by atomic mass is 10.4. The van der Waals surface area contributed by atoms with Crippen LogP contribution in [0.3, 0.4) is 0 Å². The molecule has 0 aliphatic carbocycles. The standard InChI is InChI=1S/C11H12BrN3O2/c1-8-13-2-3-14(8)4-5-15-7-9(11(16)17)6-10(15)12/h2-3,6-7H,4-5H2,1H3,(H,16,17). The summed E-state index contributed by atoms with van der Waals surface area (Å²) >= 11 is 3.34. The molecule has 0 saturated carbocycles. The van der Waals surface area contributed by atoms with E-state index in [9.17, 15) is 4.79 Å². The number of hydrogen-bond acceptors (Lipinski definition) is 2. The summed E-state index contributed by atoms with van der Waals surface area (Å²) < 4.78 is 4.66. The lowest BCUT2D eigenvalue weighted by Crippen LogP contribution is -2.07. The van der Waals surface area contributed by atoms with Crippen LogP contribution in [0.15, 0.2) is 29.3 Å². The van der Waals surface area contributed by atoms with Gasteiger partial charge in [0.1, 0.15) is 5.82 Å². The topological polar surface area (TPSA) is 60.0 Å². The summed E-state index contributed by atoms with van der Waals surface area (Å²) in [5.41, 5.74) is 0.291. The molecule has 2 heterocycles. The van der Waals surface area contributed by atoms with Crippen LogP contribution in [-0.4, -0.2) is 25.2 Å². The number of halogens is 1. The van der Waals surface area contributed by atoms with Gasteiger partial charge in [0.2, 0.25) is 0 Å². The molecule has 0 bridgehead atoms. The van der Waals surface area contributed by atoms with E-state index in [1.54, 1.807) is 18.5 Å². The molecule has 0 aliphatic rings. The largest absolute Gasteiger partial charge is 0.478 e. The fourth-order valence-corrected chi connectivity index (χ4v) is 2.15. The van der Waals surface area contributed by atoms with E-state index in [0.717, 1.165) is 17.0 Å². The Balaban J connectivity index is 2.09. The molecule has 1 N–H and O–H groups in total. The van der Waals surface area contributed by atoms with E-state index in [-0.39, 0.29) is 0 Å². The summed E-state index contributed by atoms with van der Waals surface area (Å²) in [5.74, 6) is 0.0370. The van der Waals surface area contributed by atoms with Crippen molar-refractivity contribution in [2.24, 2.45) is 0 Å². The van der Waals surface area contributed by atoms with E-state index in [2.05, 4.69) is 20.9 Å². The van der Waals surface area contributed by atoms with Crippen molar-refractivity contribution in [2.45, 2.75) is 20.0 Å². The maximum absolute atomic E-state index is 10.8. The van der Waals surface area contributed by atoms with Crippen molar-refractivity contribution in [3.05, 3.63) is 40.6 Å². The SMILES string of the molecule is Cc1nccn1CCn1cc(C(=O)O)cc1Br. The highest BCUT2D eigenvalue weighted by Crippen LogP contribution is 2.15. The predicted octanol–water partition coefficient (Wildman–Crippen LogP) is 2.15. The van der Waals surface area contributed by atoms with Crippen LogP contribution < -0.4 is 0 Å². The second kappa shape index (κ2) is 4.75. The third kappa shape index (κ3) is 2.58. The smallest absolute Gasteiger partial charge is 0.337 e. The van der Waals surface area contributed by atoms with Crippen molar-refractivity contribution in [1.82, 2.24) is 14.1 Å². The summed E-state index contributed by atoms with van der Waals surface area (Å²) in [6, 6.07) is 1.60. The number of carboxylic acid groups (broad SMARTS) is 1. The molecule has 0 unspecified atom stereocenters. The minimum atomic E-state index is -0.914. The van der Waals surface area contributed by atoms with Crippen LogP contribution in [-0.2, 0) is 13.1 Å². The molecule has 0 saturated heterocycles. The maximum Gasteiger partial charge on any atom is 0.337 e. The van der Waals surface area contributed by atoms with Crippen LogP contribution >= 0.6 is 15.9 Å². The Morgan fingerprint density at radius 1 is 1.47 bits per heavy atom. The van der Waals surface area contributed by atoms with Gasteiger partial charge in [-0.25, -0.2) is 9.78 Å². The van der Waals surface area contributed by atoms with Crippen LogP contribution in [0.1, 0.15) is 16.2 Å². The fraction of sp³-hybridized carbons (Fsp3) is 0.273. The van der Waals surface area contributed by atoms with Crippen molar-refractivity contribution in [2.75, 3.05) is 0 Å². The Morgan fingerprint density at radius 3 is 2.71 bits per heavy atom. The molecule has 0 spiro atoms. The molecule has 2 aromatic heterocycles. The number of imidazole rings is 1. The first-order chi connectivity index (χ1) is 8.08. The van der Waals surface area contributed by atoms with E-state index >= 15 is 0 Å². The zero-order valence-corrected chi connectivity index (χ0v) is 10.9. The Bertz CT molecular complexity index is 545. The molecule has 0 aliphatic heterocycles. The van der Waals surface area contributed by atoms with Crippen LogP contribution in [0.25, 0.3) is 0 Å². The van der Waals surface area contributed by atoms with Crippen LogP contribution in [0.5, 0.6) is 0 Å². The first-order valence-electron chi connectivity index (χ1n) is 5.14. The van der Waals surface area contributed by atoms with Gasteiger partial charge in [-0.15, -0.1) is 0 Å². The highest BCUT2D eigenvalue weighted by molar-refractivity contribution is 9.10. The maximum atomic E-state index is 10.8. The van der Waals surface area contributed by atoms with Crippen LogP contribution in [0, 0.1) is 6.92 Å². The number of carboxylic acids is 1. The molecule has 90 valence electrons. The summed E-state index contributed by atoms with van der Waals surface area (Å²) in [6.07, 6.45) is 5.28. The van der Waals surface area contributed by atoms with E-state index in [1.165, 1.54) is 0 Å². The molecule has 0 radical (unpaired) electrons. The summed E-state index contributed by atoms with van der Waals surface area (Å²) in [7, 11) is 0. The highest BCUT2D eigenvalue weighted by atomic mass is 79.9. The van der Waals surface area contributed by atoms with E-state index < -0.39 is 5.97 Å². The normalized spacial score (nSPS) is 10.7. The van der Waals surface area contributed by atoms with Gasteiger partial charge in [-0.2, -0.15) is 0 Å². The lowest BCUT2D eigenvalue weighted by Gasteiger charge is -2.07. The second-order valence-electron chi connectivity index (χ2n) is 3.72. The zero-order valence-electron chi connectivity index (χ0n) is 9.30. The van der Waals surface area contributed by atoms with Crippen molar-refractivity contribution in [1.29, 1.82) is 0 Å². The summed E-state index contributed by atoms with van der Waals surface area (Å²) in [4.78, 5) is 14.9. The number of nitrogens with zero attached hydrogens (tertiary/aromatic N) is 3. The Hall–Kier alpha value is -1.56. The molecule has 0 aromatic carbocycles. The first-order valence-corrected chi connectivity index (χ1v) is 5.94. The number of aromatic nitrogens is 3. The molecule has 6 heteroatoms. The van der Waals surface area contributed by atoms with Gasteiger partial charge in [-0.1, -0.05) is 0 Å². The molecular formula is C11H12BrN3O2. The van der Waals surface area contributed by atoms with Gasteiger partial charge in [0, 0.05) is 31.7 Å². The monoisotopic (exact) mass is 297 g/mol. The molecule has 5 nitrogen and oxygen atoms in total. The predicted molar refractivity (Wildman–Crippen MR) is 66.1 cm³/mol. The zero-order chi connectivity index (χ0) is 12.4.